The lowest BCUT2D eigenvalue weighted by Crippen LogP contribution is -2.51. The lowest BCUT2D eigenvalue weighted by molar-refractivity contribution is -0.153. The summed E-state index contributed by atoms with van der Waals surface area (Å²) in [7, 11) is 0. The van der Waals surface area contributed by atoms with E-state index in [-0.39, 0.29) is 5.60 Å². The number of hydrogen-bond acceptors (Lipinski definition) is 4. The van der Waals surface area contributed by atoms with Gasteiger partial charge in [0.15, 0.2) is 12.5 Å². The minimum Gasteiger partial charge on any atom is -0.350 e. The van der Waals surface area contributed by atoms with Crippen LogP contribution in [0, 0.1) is 0 Å². The zero-order valence-electron chi connectivity index (χ0n) is 9.25. The molecule has 1 heterocycles. The van der Waals surface area contributed by atoms with Gasteiger partial charge >= 0.3 is 0 Å². The molecule has 0 radical (unpaired) electrons. The summed E-state index contributed by atoms with van der Waals surface area (Å²) in [6.45, 7) is 9.50. The first kappa shape index (κ1) is 11.6. The van der Waals surface area contributed by atoms with Crippen LogP contribution >= 0.6 is 0 Å². The fourth-order valence-corrected chi connectivity index (χ4v) is 1.49. The number of nitrogens with zero attached hydrogens (tertiary/aromatic N) is 1. The predicted molar refractivity (Wildman–Crippen MR) is 55.1 cm³/mol. The molecule has 1 atom stereocenters. The van der Waals surface area contributed by atoms with E-state index in [2.05, 4.69) is 10.2 Å². The first-order chi connectivity index (χ1) is 6.53. The SMILES string of the molecule is CC(C)(C)OC(C=O)N1CCNCC1. The highest BCUT2D eigenvalue weighted by Crippen LogP contribution is 2.12. The largest absolute Gasteiger partial charge is 0.350 e. The van der Waals surface area contributed by atoms with Crippen LogP contribution in [0.2, 0.25) is 0 Å². The van der Waals surface area contributed by atoms with E-state index in [0.717, 1.165) is 32.5 Å². The topological polar surface area (TPSA) is 41.6 Å². The van der Waals surface area contributed by atoms with Crippen molar-refractivity contribution >= 4 is 6.29 Å². The molecule has 0 saturated carbocycles. The highest BCUT2D eigenvalue weighted by molar-refractivity contribution is 5.55. The maximum Gasteiger partial charge on any atom is 0.167 e. The Hall–Kier alpha value is -0.450. The number of aldehydes is 1. The molecule has 82 valence electrons. The lowest BCUT2D eigenvalue weighted by atomic mass is 10.2. The molecule has 1 rings (SSSR count). The maximum atomic E-state index is 10.9. The van der Waals surface area contributed by atoms with Crippen LogP contribution < -0.4 is 5.32 Å². The van der Waals surface area contributed by atoms with Gasteiger partial charge in [0.1, 0.15) is 0 Å². The van der Waals surface area contributed by atoms with E-state index >= 15 is 0 Å². The zero-order valence-corrected chi connectivity index (χ0v) is 9.25. The smallest absolute Gasteiger partial charge is 0.167 e. The van der Waals surface area contributed by atoms with Crippen molar-refractivity contribution in [1.82, 2.24) is 10.2 Å². The Balaban J connectivity index is 2.47. The summed E-state index contributed by atoms with van der Waals surface area (Å²) in [4.78, 5) is 13.0. The maximum absolute atomic E-state index is 10.9. The van der Waals surface area contributed by atoms with Gasteiger partial charge in [-0.15, -0.1) is 0 Å². The Bertz CT molecular complexity index is 183. The van der Waals surface area contributed by atoms with Crippen LogP contribution in [0.3, 0.4) is 0 Å². The number of rotatable bonds is 3. The Kier molecular flexibility index (Phi) is 4.04. The molecule has 1 unspecified atom stereocenters. The lowest BCUT2D eigenvalue weighted by Gasteiger charge is -2.35. The highest BCUT2D eigenvalue weighted by Gasteiger charge is 2.25. The summed E-state index contributed by atoms with van der Waals surface area (Å²) in [6, 6.07) is 0. The monoisotopic (exact) mass is 200 g/mol. The van der Waals surface area contributed by atoms with Gasteiger partial charge in [0.25, 0.3) is 0 Å². The van der Waals surface area contributed by atoms with Crippen molar-refractivity contribution in [1.29, 1.82) is 0 Å². The second-order valence-electron chi connectivity index (χ2n) is 4.54. The average molecular weight is 200 g/mol. The van der Waals surface area contributed by atoms with Crippen molar-refractivity contribution in [2.75, 3.05) is 26.2 Å². The average Bonchev–Trinajstić information content (AvgIpc) is 2.14. The van der Waals surface area contributed by atoms with E-state index in [4.69, 9.17) is 4.74 Å². The molecule has 1 aliphatic heterocycles. The van der Waals surface area contributed by atoms with Crippen LogP contribution in [-0.4, -0.2) is 49.2 Å². The van der Waals surface area contributed by atoms with Crippen LogP contribution in [0.25, 0.3) is 0 Å². The highest BCUT2D eigenvalue weighted by atomic mass is 16.5. The molecule has 1 N–H and O–H groups in total. The summed E-state index contributed by atoms with van der Waals surface area (Å²) in [5.41, 5.74) is -0.267. The third kappa shape index (κ3) is 3.74. The van der Waals surface area contributed by atoms with E-state index in [9.17, 15) is 4.79 Å². The van der Waals surface area contributed by atoms with Gasteiger partial charge in [-0.3, -0.25) is 9.69 Å². The van der Waals surface area contributed by atoms with Crippen LogP contribution in [0.1, 0.15) is 20.8 Å². The number of hydrogen-bond donors (Lipinski definition) is 1. The second-order valence-corrected chi connectivity index (χ2v) is 4.54. The van der Waals surface area contributed by atoms with Crippen molar-refractivity contribution in [3.8, 4) is 0 Å². The third-order valence-electron chi connectivity index (χ3n) is 2.10. The molecule has 1 aliphatic rings. The molecule has 0 aromatic carbocycles. The van der Waals surface area contributed by atoms with Gasteiger partial charge in [0, 0.05) is 26.2 Å². The van der Waals surface area contributed by atoms with E-state index in [0.29, 0.717) is 0 Å². The predicted octanol–water partition coefficient (Wildman–Crippen LogP) is 0.232. The molecule has 0 aromatic rings. The summed E-state index contributed by atoms with van der Waals surface area (Å²) in [6.07, 6.45) is 0.494. The van der Waals surface area contributed by atoms with Crippen molar-refractivity contribution in [3.05, 3.63) is 0 Å². The molecule has 1 saturated heterocycles. The van der Waals surface area contributed by atoms with Crippen molar-refractivity contribution in [2.45, 2.75) is 32.6 Å². The quantitative estimate of drug-likeness (QED) is 0.662. The number of carbonyl (C=O) groups excluding carboxylic acids is 1. The number of piperazine rings is 1. The van der Waals surface area contributed by atoms with Gasteiger partial charge in [-0.1, -0.05) is 0 Å². The van der Waals surface area contributed by atoms with E-state index in [1.807, 2.05) is 20.8 Å². The van der Waals surface area contributed by atoms with Crippen LogP contribution in [0.4, 0.5) is 0 Å². The summed E-state index contributed by atoms with van der Waals surface area (Å²) >= 11 is 0. The number of nitrogens with one attached hydrogen (secondary N) is 1. The molecule has 0 aliphatic carbocycles. The normalized spacial score (nSPS) is 21.9. The summed E-state index contributed by atoms with van der Waals surface area (Å²) < 4.78 is 5.66. The fourth-order valence-electron chi connectivity index (χ4n) is 1.49. The van der Waals surface area contributed by atoms with Gasteiger partial charge in [0.2, 0.25) is 0 Å². The molecule has 0 bridgehead atoms. The molecule has 1 fully saturated rings. The molecule has 14 heavy (non-hydrogen) atoms. The molecule has 4 heteroatoms. The summed E-state index contributed by atoms with van der Waals surface area (Å²) in [5.74, 6) is 0. The van der Waals surface area contributed by atoms with Crippen LogP contribution in [0.15, 0.2) is 0 Å². The fraction of sp³-hybridized carbons (Fsp3) is 0.900. The van der Waals surface area contributed by atoms with Gasteiger partial charge < -0.3 is 10.1 Å². The number of ether oxygens (including phenoxy) is 1. The minimum absolute atomic E-state index is 0.267. The van der Waals surface area contributed by atoms with E-state index in [1.165, 1.54) is 0 Å². The Morgan fingerprint density at radius 3 is 2.36 bits per heavy atom. The second kappa shape index (κ2) is 4.87. The Morgan fingerprint density at radius 2 is 1.93 bits per heavy atom. The molecule has 4 nitrogen and oxygen atoms in total. The van der Waals surface area contributed by atoms with Crippen molar-refractivity contribution in [2.24, 2.45) is 0 Å². The molecule has 0 spiro atoms. The van der Waals surface area contributed by atoms with Crippen LogP contribution in [-0.2, 0) is 9.53 Å². The van der Waals surface area contributed by atoms with E-state index < -0.39 is 6.23 Å². The molecule has 0 aromatic heterocycles. The minimum atomic E-state index is -0.392. The Labute approximate surface area is 85.6 Å². The van der Waals surface area contributed by atoms with Crippen molar-refractivity contribution < 1.29 is 9.53 Å². The molecular weight excluding hydrogens is 180 g/mol. The van der Waals surface area contributed by atoms with Crippen LogP contribution in [0.5, 0.6) is 0 Å². The molecule has 0 amide bonds. The van der Waals surface area contributed by atoms with Gasteiger partial charge in [-0.2, -0.15) is 0 Å². The zero-order chi connectivity index (χ0) is 10.6. The summed E-state index contributed by atoms with van der Waals surface area (Å²) in [5, 5.41) is 3.24. The Morgan fingerprint density at radius 1 is 1.36 bits per heavy atom. The van der Waals surface area contributed by atoms with E-state index in [1.54, 1.807) is 0 Å². The number of carbonyl (C=O) groups is 1. The standard InChI is InChI=1S/C10H20N2O2/c1-10(2,3)14-9(8-13)12-6-4-11-5-7-12/h8-9,11H,4-7H2,1-3H3. The van der Waals surface area contributed by atoms with Gasteiger partial charge in [0.05, 0.1) is 5.60 Å². The first-order valence-corrected chi connectivity index (χ1v) is 5.11. The van der Waals surface area contributed by atoms with Gasteiger partial charge in [-0.05, 0) is 20.8 Å². The third-order valence-corrected chi connectivity index (χ3v) is 2.10. The molecular formula is C10H20N2O2. The van der Waals surface area contributed by atoms with Gasteiger partial charge in [-0.25, -0.2) is 0 Å². The first-order valence-electron chi connectivity index (χ1n) is 5.11. The van der Waals surface area contributed by atoms with Crippen molar-refractivity contribution in [3.63, 3.8) is 0 Å².